The van der Waals surface area contributed by atoms with E-state index in [9.17, 15) is 22.4 Å². The Bertz CT molecular complexity index is 1770. The number of rotatable bonds is 16. The van der Waals surface area contributed by atoms with Crippen molar-refractivity contribution in [3.63, 3.8) is 0 Å². The quantitative estimate of drug-likeness (QED) is 0.134. The lowest BCUT2D eigenvalue weighted by Gasteiger charge is -2.34. The third-order valence-electron chi connectivity index (χ3n) is 7.70. The van der Waals surface area contributed by atoms with E-state index in [0.717, 1.165) is 44.9 Å². The average molecular weight is 741 g/mol. The first-order valence-electron chi connectivity index (χ1n) is 15.4. The van der Waals surface area contributed by atoms with E-state index in [-0.39, 0.29) is 35.2 Å². The Morgan fingerprint density at radius 3 is 2.17 bits per heavy atom. The fourth-order valence-electron chi connectivity index (χ4n) is 5.09. The van der Waals surface area contributed by atoms with Crippen molar-refractivity contribution < 1.29 is 31.9 Å². The minimum absolute atomic E-state index is 0.0263. The number of nitrogens with one attached hydrogen (secondary N) is 1. The van der Waals surface area contributed by atoms with Gasteiger partial charge in [0.1, 0.15) is 18.4 Å². The van der Waals surface area contributed by atoms with E-state index in [2.05, 4.69) is 21.2 Å². The van der Waals surface area contributed by atoms with E-state index < -0.39 is 34.3 Å². The van der Waals surface area contributed by atoms with E-state index in [1.54, 1.807) is 0 Å². The van der Waals surface area contributed by atoms with Crippen LogP contribution in [0.4, 0.5) is 10.1 Å². The van der Waals surface area contributed by atoms with Gasteiger partial charge in [0, 0.05) is 30.0 Å². The lowest BCUT2D eigenvalue weighted by atomic mass is 10.0. The van der Waals surface area contributed by atoms with Crippen LogP contribution in [-0.2, 0) is 32.6 Å². The number of unbranched alkanes of at least 4 members (excludes halogenated alkanes) is 1. The maximum absolute atomic E-state index is 14.5. The van der Waals surface area contributed by atoms with Crippen LogP contribution >= 0.6 is 15.9 Å². The molecule has 48 heavy (non-hydrogen) atoms. The minimum atomic E-state index is -4.43. The van der Waals surface area contributed by atoms with Crippen LogP contribution in [0.25, 0.3) is 0 Å². The van der Waals surface area contributed by atoms with Gasteiger partial charge in [0.2, 0.25) is 11.8 Å². The Labute approximate surface area is 289 Å². The highest BCUT2D eigenvalue weighted by Gasteiger charge is 2.35. The number of carbonyl (C=O) groups excluding carboxylic acids is 2. The number of halogens is 2. The summed E-state index contributed by atoms with van der Waals surface area (Å²) in [6.45, 7) is 1.79. The van der Waals surface area contributed by atoms with Crippen LogP contribution in [0.1, 0.15) is 30.9 Å². The standard InChI is InChI=1S/C36H39BrFN3O6S/c1-4-5-21-39-36(43)32(22-26-9-7-6-8-10-26)40(24-27-11-13-28(37)14-12-27)35(42)25-41(30-17-15-29(38)16-18-30)48(44,45)31-19-20-33(46-2)34(23-31)47-3/h6-20,23,32H,4-5,21-22,24-25H2,1-3H3,(H,39,43)/t32-/m0/s1. The molecule has 4 aromatic carbocycles. The second kappa shape index (κ2) is 17.1. The summed E-state index contributed by atoms with van der Waals surface area (Å²) in [5.41, 5.74) is 1.63. The highest BCUT2D eigenvalue weighted by Crippen LogP contribution is 2.32. The van der Waals surface area contributed by atoms with Gasteiger partial charge in [-0.2, -0.15) is 0 Å². The number of hydrogen-bond acceptors (Lipinski definition) is 6. The summed E-state index contributed by atoms with van der Waals surface area (Å²) in [4.78, 5) is 29.6. The van der Waals surface area contributed by atoms with Gasteiger partial charge < -0.3 is 19.7 Å². The Kier molecular flexibility index (Phi) is 13.0. The zero-order valence-electron chi connectivity index (χ0n) is 27.1. The van der Waals surface area contributed by atoms with Crippen molar-refractivity contribution >= 4 is 43.5 Å². The van der Waals surface area contributed by atoms with Gasteiger partial charge >= 0.3 is 0 Å². The molecule has 0 aliphatic rings. The molecule has 0 spiro atoms. The molecule has 254 valence electrons. The van der Waals surface area contributed by atoms with Gasteiger partial charge in [-0.05, 0) is 66.1 Å². The fraction of sp³-hybridized carbons (Fsp3) is 0.278. The molecule has 0 unspecified atom stereocenters. The molecule has 0 saturated heterocycles. The molecule has 2 amide bonds. The smallest absolute Gasteiger partial charge is 0.264 e. The zero-order chi connectivity index (χ0) is 34.7. The number of carbonyl (C=O) groups is 2. The summed E-state index contributed by atoms with van der Waals surface area (Å²) >= 11 is 3.44. The van der Waals surface area contributed by atoms with Crippen LogP contribution in [0.3, 0.4) is 0 Å². The van der Waals surface area contributed by atoms with Crippen LogP contribution in [0.2, 0.25) is 0 Å². The Hall–Kier alpha value is -4.42. The number of amides is 2. The number of hydrogen-bond donors (Lipinski definition) is 1. The van der Waals surface area contributed by atoms with Crippen molar-refractivity contribution in [2.45, 2.75) is 43.7 Å². The maximum atomic E-state index is 14.5. The second-order valence-electron chi connectivity index (χ2n) is 11.0. The molecule has 0 aromatic heterocycles. The number of sulfonamides is 1. The number of benzene rings is 4. The third kappa shape index (κ3) is 9.35. The second-order valence-corrected chi connectivity index (χ2v) is 13.8. The Morgan fingerprint density at radius 1 is 0.875 bits per heavy atom. The van der Waals surface area contributed by atoms with Crippen molar-refractivity contribution in [1.29, 1.82) is 0 Å². The first kappa shape index (κ1) is 36.4. The summed E-state index contributed by atoms with van der Waals surface area (Å²) < 4.78 is 55.0. The molecule has 4 rings (SSSR count). The van der Waals surface area contributed by atoms with Gasteiger partial charge in [-0.1, -0.05) is 71.7 Å². The predicted octanol–water partition coefficient (Wildman–Crippen LogP) is 6.36. The average Bonchev–Trinajstić information content (AvgIpc) is 3.10. The Balaban J connectivity index is 1.80. The van der Waals surface area contributed by atoms with Gasteiger partial charge in [0.25, 0.3) is 10.0 Å². The number of nitrogens with zero attached hydrogens (tertiary/aromatic N) is 2. The van der Waals surface area contributed by atoms with Crippen molar-refractivity contribution in [1.82, 2.24) is 10.2 Å². The fourth-order valence-corrected chi connectivity index (χ4v) is 6.78. The molecule has 12 heteroatoms. The molecule has 1 atom stereocenters. The highest BCUT2D eigenvalue weighted by molar-refractivity contribution is 9.10. The number of ether oxygens (including phenoxy) is 2. The normalized spacial score (nSPS) is 11.8. The van der Waals surface area contributed by atoms with Crippen LogP contribution in [0.15, 0.2) is 106 Å². The monoisotopic (exact) mass is 739 g/mol. The first-order valence-corrected chi connectivity index (χ1v) is 17.7. The molecule has 0 radical (unpaired) electrons. The lowest BCUT2D eigenvalue weighted by Crippen LogP contribution is -2.53. The summed E-state index contributed by atoms with van der Waals surface area (Å²) in [6, 6.07) is 24.6. The molecular weight excluding hydrogens is 701 g/mol. The first-order chi connectivity index (χ1) is 23.1. The topological polar surface area (TPSA) is 105 Å². The SMILES string of the molecule is CCCCNC(=O)[C@H](Cc1ccccc1)N(Cc1ccc(Br)cc1)C(=O)CN(c1ccc(F)cc1)S(=O)(=O)c1ccc(OC)c(OC)c1. The number of anilines is 1. The molecule has 0 aliphatic heterocycles. The summed E-state index contributed by atoms with van der Waals surface area (Å²) in [5, 5.41) is 2.97. The van der Waals surface area contributed by atoms with E-state index in [4.69, 9.17) is 9.47 Å². The summed E-state index contributed by atoms with van der Waals surface area (Å²) in [7, 11) is -1.62. The molecule has 0 aliphatic carbocycles. The van der Waals surface area contributed by atoms with Crippen molar-refractivity contribution in [3.8, 4) is 11.5 Å². The summed E-state index contributed by atoms with van der Waals surface area (Å²) in [5.74, 6) is -1.06. The molecule has 4 aromatic rings. The molecule has 0 heterocycles. The van der Waals surface area contributed by atoms with Crippen molar-refractivity contribution in [2.24, 2.45) is 0 Å². The van der Waals surface area contributed by atoms with E-state index in [0.29, 0.717) is 12.3 Å². The van der Waals surface area contributed by atoms with Crippen molar-refractivity contribution in [2.75, 3.05) is 31.6 Å². The van der Waals surface area contributed by atoms with Gasteiger partial charge in [0.05, 0.1) is 24.8 Å². The number of methoxy groups -OCH3 is 2. The van der Waals surface area contributed by atoms with Gasteiger partial charge in [-0.25, -0.2) is 12.8 Å². The molecule has 0 fully saturated rings. The third-order valence-corrected chi connectivity index (χ3v) is 10.0. The summed E-state index contributed by atoms with van der Waals surface area (Å²) in [6.07, 6.45) is 1.82. The van der Waals surface area contributed by atoms with Crippen LogP contribution in [0, 0.1) is 5.82 Å². The Morgan fingerprint density at radius 2 is 1.54 bits per heavy atom. The molecule has 1 N–H and O–H groups in total. The van der Waals surface area contributed by atoms with Crippen LogP contribution in [-0.4, -0.2) is 58.5 Å². The zero-order valence-corrected chi connectivity index (χ0v) is 29.5. The van der Waals surface area contributed by atoms with Gasteiger partial charge in [0.15, 0.2) is 11.5 Å². The van der Waals surface area contributed by atoms with Crippen molar-refractivity contribution in [3.05, 3.63) is 118 Å². The molecule has 0 bridgehead atoms. The lowest BCUT2D eigenvalue weighted by molar-refractivity contribution is -0.140. The van der Waals surface area contributed by atoms with Crippen LogP contribution in [0.5, 0.6) is 11.5 Å². The van der Waals surface area contributed by atoms with E-state index >= 15 is 0 Å². The van der Waals surface area contributed by atoms with E-state index in [1.165, 1.54) is 49.5 Å². The highest BCUT2D eigenvalue weighted by atomic mass is 79.9. The predicted molar refractivity (Wildman–Crippen MR) is 187 cm³/mol. The molecule has 9 nitrogen and oxygen atoms in total. The van der Waals surface area contributed by atoms with Gasteiger partial charge in [-0.3, -0.25) is 13.9 Å². The minimum Gasteiger partial charge on any atom is -0.493 e. The van der Waals surface area contributed by atoms with E-state index in [1.807, 2.05) is 61.5 Å². The largest absolute Gasteiger partial charge is 0.493 e. The maximum Gasteiger partial charge on any atom is 0.264 e. The van der Waals surface area contributed by atoms with Crippen LogP contribution < -0.4 is 19.1 Å². The van der Waals surface area contributed by atoms with Gasteiger partial charge in [-0.15, -0.1) is 0 Å². The molecule has 0 saturated carbocycles. The molecular formula is C36H39BrFN3O6S.